The van der Waals surface area contributed by atoms with E-state index in [1.54, 1.807) is 50.3 Å². The molecule has 4 nitrogen and oxygen atoms in total. The summed E-state index contributed by atoms with van der Waals surface area (Å²) in [6, 6.07) is 6.80. The molecule has 0 unspecified atom stereocenters. The average molecular weight is 234 g/mol. The Labute approximate surface area is 102 Å². The van der Waals surface area contributed by atoms with Gasteiger partial charge >= 0.3 is 0 Å². The molecule has 0 heterocycles. The van der Waals surface area contributed by atoms with Crippen LogP contribution in [-0.4, -0.2) is 49.3 Å². The fraction of sp³-hybridized carbons (Fsp3) is 0.385. The molecule has 0 fully saturated rings. The van der Waals surface area contributed by atoms with Gasteiger partial charge in [-0.15, -0.1) is 0 Å². The lowest BCUT2D eigenvalue weighted by atomic mass is 10.1. The predicted octanol–water partition coefficient (Wildman–Crippen LogP) is 1.48. The van der Waals surface area contributed by atoms with Gasteiger partial charge in [0.2, 0.25) is 0 Å². The predicted molar refractivity (Wildman–Crippen MR) is 67.1 cm³/mol. The molecular weight excluding hydrogens is 216 g/mol. The van der Waals surface area contributed by atoms with Gasteiger partial charge in [0.15, 0.2) is 0 Å². The summed E-state index contributed by atoms with van der Waals surface area (Å²) >= 11 is 0. The molecule has 0 saturated heterocycles. The molecule has 0 radical (unpaired) electrons. The van der Waals surface area contributed by atoms with Gasteiger partial charge in [0.1, 0.15) is 0 Å². The topological polar surface area (TPSA) is 40.6 Å². The molecule has 0 aliphatic heterocycles. The summed E-state index contributed by atoms with van der Waals surface area (Å²) in [6.45, 7) is 2.55. The number of carbonyl (C=O) groups is 2. The number of benzene rings is 1. The molecule has 0 aromatic heterocycles. The van der Waals surface area contributed by atoms with Crippen LogP contribution in [0, 0.1) is 0 Å². The van der Waals surface area contributed by atoms with Gasteiger partial charge in [-0.3, -0.25) is 9.59 Å². The van der Waals surface area contributed by atoms with Crippen molar-refractivity contribution in [1.82, 2.24) is 9.80 Å². The van der Waals surface area contributed by atoms with E-state index in [1.165, 1.54) is 4.90 Å². The number of carbonyl (C=O) groups excluding carboxylic acids is 2. The highest BCUT2D eigenvalue weighted by Crippen LogP contribution is 2.09. The van der Waals surface area contributed by atoms with Crippen LogP contribution in [0.5, 0.6) is 0 Å². The van der Waals surface area contributed by atoms with Crippen LogP contribution in [0.1, 0.15) is 27.6 Å². The summed E-state index contributed by atoms with van der Waals surface area (Å²) in [5, 5.41) is 0. The molecule has 17 heavy (non-hydrogen) atoms. The Morgan fingerprint density at radius 3 is 2.06 bits per heavy atom. The van der Waals surface area contributed by atoms with Crippen molar-refractivity contribution in [1.29, 1.82) is 0 Å². The third kappa shape index (κ3) is 3.06. The van der Waals surface area contributed by atoms with Gasteiger partial charge in [-0.05, 0) is 25.1 Å². The maximum Gasteiger partial charge on any atom is 0.253 e. The second-order valence-electron chi connectivity index (χ2n) is 4.10. The van der Waals surface area contributed by atoms with Crippen molar-refractivity contribution in [3.8, 4) is 0 Å². The first-order valence-corrected chi connectivity index (χ1v) is 5.54. The van der Waals surface area contributed by atoms with Gasteiger partial charge < -0.3 is 9.80 Å². The Morgan fingerprint density at radius 1 is 1.06 bits per heavy atom. The van der Waals surface area contributed by atoms with Crippen LogP contribution in [0.25, 0.3) is 0 Å². The maximum atomic E-state index is 11.9. The van der Waals surface area contributed by atoms with Crippen molar-refractivity contribution in [3.63, 3.8) is 0 Å². The summed E-state index contributed by atoms with van der Waals surface area (Å²) in [5.41, 5.74) is 1.08. The second-order valence-corrected chi connectivity index (χ2v) is 4.10. The lowest BCUT2D eigenvalue weighted by Crippen LogP contribution is -2.27. The van der Waals surface area contributed by atoms with Crippen LogP contribution in [0.4, 0.5) is 0 Å². The van der Waals surface area contributed by atoms with Crippen molar-refractivity contribution < 1.29 is 9.59 Å². The minimum absolute atomic E-state index is 0.0686. The van der Waals surface area contributed by atoms with Crippen molar-refractivity contribution in [2.45, 2.75) is 6.92 Å². The maximum absolute atomic E-state index is 11.9. The van der Waals surface area contributed by atoms with E-state index in [1.807, 2.05) is 6.92 Å². The monoisotopic (exact) mass is 234 g/mol. The molecule has 0 bridgehead atoms. The molecule has 1 aromatic carbocycles. The average Bonchev–Trinajstić information content (AvgIpc) is 2.35. The molecule has 4 heteroatoms. The highest BCUT2D eigenvalue weighted by Gasteiger charge is 2.13. The Bertz CT molecular complexity index is 427. The SMILES string of the molecule is CCN(C)C(=O)c1cccc(C(=O)N(C)C)c1. The Morgan fingerprint density at radius 2 is 1.59 bits per heavy atom. The fourth-order valence-corrected chi connectivity index (χ4v) is 1.41. The third-order valence-electron chi connectivity index (χ3n) is 2.58. The lowest BCUT2D eigenvalue weighted by molar-refractivity contribution is 0.0802. The van der Waals surface area contributed by atoms with E-state index in [0.29, 0.717) is 17.7 Å². The van der Waals surface area contributed by atoms with Crippen LogP contribution in [0.3, 0.4) is 0 Å². The summed E-state index contributed by atoms with van der Waals surface area (Å²) in [6.07, 6.45) is 0. The zero-order valence-corrected chi connectivity index (χ0v) is 10.7. The number of amides is 2. The first kappa shape index (κ1) is 13.2. The summed E-state index contributed by atoms with van der Waals surface area (Å²) in [5.74, 6) is -0.167. The molecule has 92 valence electrons. The zero-order chi connectivity index (χ0) is 13.0. The van der Waals surface area contributed by atoms with E-state index < -0.39 is 0 Å². The van der Waals surface area contributed by atoms with E-state index in [-0.39, 0.29) is 11.8 Å². The summed E-state index contributed by atoms with van der Waals surface area (Å²) < 4.78 is 0. The van der Waals surface area contributed by atoms with Crippen LogP contribution in [0.2, 0.25) is 0 Å². The number of hydrogen-bond donors (Lipinski definition) is 0. The second kappa shape index (κ2) is 5.48. The highest BCUT2D eigenvalue weighted by atomic mass is 16.2. The van der Waals surface area contributed by atoms with E-state index in [0.717, 1.165) is 0 Å². The molecule has 0 atom stereocenters. The molecule has 2 amide bonds. The van der Waals surface area contributed by atoms with Crippen molar-refractivity contribution in [3.05, 3.63) is 35.4 Å². The summed E-state index contributed by atoms with van der Waals surface area (Å²) in [4.78, 5) is 26.8. The van der Waals surface area contributed by atoms with Crippen LogP contribution < -0.4 is 0 Å². The van der Waals surface area contributed by atoms with Crippen molar-refractivity contribution >= 4 is 11.8 Å². The van der Waals surface area contributed by atoms with Gasteiger partial charge in [-0.2, -0.15) is 0 Å². The number of hydrogen-bond acceptors (Lipinski definition) is 2. The van der Waals surface area contributed by atoms with Gasteiger partial charge in [-0.25, -0.2) is 0 Å². The Kier molecular flexibility index (Phi) is 4.26. The Hall–Kier alpha value is -1.84. The molecule has 0 aliphatic rings. The van der Waals surface area contributed by atoms with Crippen LogP contribution in [0.15, 0.2) is 24.3 Å². The Balaban J connectivity index is 3.01. The molecular formula is C13H18N2O2. The lowest BCUT2D eigenvalue weighted by Gasteiger charge is -2.15. The number of nitrogens with zero attached hydrogens (tertiary/aromatic N) is 2. The van der Waals surface area contributed by atoms with E-state index in [4.69, 9.17) is 0 Å². The fourth-order valence-electron chi connectivity index (χ4n) is 1.41. The molecule has 0 N–H and O–H groups in total. The van der Waals surface area contributed by atoms with Gasteiger partial charge in [0.05, 0.1) is 0 Å². The minimum atomic E-state index is -0.0983. The quantitative estimate of drug-likeness (QED) is 0.794. The van der Waals surface area contributed by atoms with Gasteiger partial charge in [0, 0.05) is 38.8 Å². The normalized spacial score (nSPS) is 9.88. The molecule has 0 saturated carbocycles. The third-order valence-corrected chi connectivity index (χ3v) is 2.58. The van der Waals surface area contributed by atoms with Gasteiger partial charge in [0.25, 0.3) is 11.8 Å². The first-order chi connectivity index (χ1) is 7.97. The van der Waals surface area contributed by atoms with Crippen molar-refractivity contribution in [2.75, 3.05) is 27.7 Å². The molecule has 0 aliphatic carbocycles. The summed E-state index contributed by atoms with van der Waals surface area (Å²) in [7, 11) is 5.12. The van der Waals surface area contributed by atoms with E-state index in [2.05, 4.69) is 0 Å². The number of rotatable bonds is 3. The molecule has 1 rings (SSSR count). The van der Waals surface area contributed by atoms with Crippen LogP contribution >= 0.6 is 0 Å². The minimum Gasteiger partial charge on any atom is -0.345 e. The molecule has 0 spiro atoms. The van der Waals surface area contributed by atoms with Gasteiger partial charge in [-0.1, -0.05) is 6.07 Å². The zero-order valence-electron chi connectivity index (χ0n) is 10.7. The largest absolute Gasteiger partial charge is 0.345 e. The smallest absolute Gasteiger partial charge is 0.253 e. The molecule has 1 aromatic rings. The first-order valence-electron chi connectivity index (χ1n) is 5.54. The standard InChI is InChI=1S/C13H18N2O2/c1-5-15(4)13(17)11-8-6-7-10(9-11)12(16)14(2)3/h6-9H,5H2,1-4H3. The van der Waals surface area contributed by atoms with E-state index in [9.17, 15) is 9.59 Å². The van der Waals surface area contributed by atoms with Crippen molar-refractivity contribution in [2.24, 2.45) is 0 Å². The van der Waals surface area contributed by atoms with Crippen LogP contribution in [-0.2, 0) is 0 Å². The van der Waals surface area contributed by atoms with E-state index >= 15 is 0 Å². The highest BCUT2D eigenvalue weighted by molar-refractivity contribution is 5.99.